The average Bonchev–Trinajstić information content (AvgIpc) is 3.19. The second-order valence-electron chi connectivity index (χ2n) is 5.16. The molecule has 140 valence electrons. The van der Waals surface area contributed by atoms with Crippen LogP contribution in [0.15, 0.2) is 33.8 Å². The first-order valence-electron chi connectivity index (χ1n) is 7.67. The van der Waals surface area contributed by atoms with Gasteiger partial charge in [0.25, 0.3) is 11.1 Å². The molecule has 12 heteroatoms. The molecule has 3 amide bonds. The van der Waals surface area contributed by atoms with Crippen LogP contribution in [-0.4, -0.2) is 56.0 Å². The van der Waals surface area contributed by atoms with Gasteiger partial charge in [0.15, 0.2) is 4.34 Å². The fourth-order valence-corrected chi connectivity index (χ4v) is 4.40. The molecule has 0 unspecified atom stereocenters. The number of nitrogens with zero attached hydrogens (tertiary/aromatic N) is 4. The van der Waals surface area contributed by atoms with Crippen LogP contribution in [-0.2, 0) is 9.59 Å². The number of carbonyl (C=O) groups is 3. The number of aromatic nitrogens is 3. The van der Waals surface area contributed by atoms with Crippen LogP contribution in [0.1, 0.15) is 5.56 Å². The van der Waals surface area contributed by atoms with Gasteiger partial charge in [0, 0.05) is 25.5 Å². The van der Waals surface area contributed by atoms with Crippen LogP contribution in [0.5, 0.6) is 0 Å². The van der Waals surface area contributed by atoms with Crippen molar-refractivity contribution in [1.29, 1.82) is 0 Å². The Kier molecular flexibility index (Phi) is 6.42. The van der Waals surface area contributed by atoms with Crippen LogP contribution in [0.3, 0.4) is 0 Å². The standard InChI is InChI=1S/C15H14N6O3S3/c16-13-19-20-14(27-13)25-8-11(22)18-4-5-21-12(23)10(26-15(21)24)6-9-2-1-3-17-7-9/h1-3,6-7H,4-5,8H2,(H2,16,19)(H,18,22)/b10-6+. The maximum atomic E-state index is 12.4. The van der Waals surface area contributed by atoms with Crippen LogP contribution < -0.4 is 11.1 Å². The number of imide groups is 1. The van der Waals surface area contributed by atoms with Crippen LogP contribution in [0.4, 0.5) is 9.93 Å². The lowest BCUT2D eigenvalue weighted by Gasteiger charge is -2.12. The van der Waals surface area contributed by atoms with E-state index < -0.39 is 0 Å². The highest BCUT2D eigenvalue weighted by Crippen LogP contribution is 2.31. The van der Waals surface area contributed by atoms with Crippen molar-refractivity contribution in [2.75, 3.05) is 24.6 Å². The third-order valence-electron chi connectivity index (χ3n) is 3.26. The maximum absolute atomic E-state index is 12.4. The number of thioether (sulfide) groups is 2. The SMILES string of the molecule is Nc1nnc(SCC(=O)NCCN2C(=O)S/C(=C/c3cccnc3)C2=O)s1. The summed E-state index contributed by atoms with van der Waals surface area (Å²) in [5.41, 5.74) is 6.21. The summed E-state index contributed by atoms with van der Waals surface area (Å²) in [5.74, 6) is -0.453. The number of nitrogens with one attached hydrogen (secondary N) is 1. The Balaban J connectivity index is 1.46. The number of nitrogens with two attached hydrogens (primary N) is 1. The molecule has 2 aromatic heterocycles. The highest BCUT2D eigenvalue weighted by Gasteiger charge is 2.34. The van der Waals surface area contributed by atoms with Gasteiger partial charge in [0.2, 0.25) is 11.0 Å². The molecule has 9 nitrogen and oxygen atoms in total. The highest BCUT2D eigenvalue weighted by molar-refractivity contribution is 8.18. The molecule has 0 saturated carbocycles. The molecule has 0 aliphatic carbocycles. The average molecular weight is 423 g/mol. The normalized spacial score (nSPS) is 15.6. The van der Waals surface area contributed by atoms with Crippen molar-refractivity contribution in [2.24, 2.45) is 0 Å². The van der Waals surface area contributed by atoms with Crippen LogP contribution in [0.2, 0.25) is 0 Å². The number of anilines is 1. The molecule has 0 bridgehead atoms. The number of nitrogen functional groups attached to an aromatic ring is 1. The van der Waals surface area contributed by atoms with Gasteiger partial charge in [-0.1, -0.05) is 29.2 Å². The lowest BCUT2D eigenvalue weighted by molar-refractivity contribution is -0.123. The van der Waals surface area contributed by atoms with Gasteiger partial charge < -0.3 is 11.1 Å². The molecule has 0 radical (unpaired) electrons. The molecule has 1 fully saturated rings. The summed E-state index contributed by atoms with van der Waals surface area (Å²) in [6.07, 6.45) is 4.86. The lowest BCUT2D eigenvalue weighted by atomic mass is 10.2. The number of amides is 3. The van der Waals surface area contributed by atoms with Gasteiger partial charge in [-0.3, -0.25) is 24.3 Å². The van der Waals surface area contributed by atoms with Gasteiger partial charge in [-0.15, -0.1) is 10.2 Å². The summed E-state index contributed by atoms with van der Waals surface area (Å²) in [5, 5.41) is 10.1. The monoisotopic (exact) mass is 422 g/mol. The minimum absolute atomic E-state index is 0.108. The van der Waals surface area contributed by atoms with E-state index in [2.05, 4.69) is 20.5 Å². The zero-order chi connectivity index (χ0) is 19.2. The van der Waals surface area contributed by atoms with E-state index in [1.807, 2.05) is 0 Å². The first-order valence-corrected chi connectivity index (χ1v) is 10.3. The van der Waals surface area contributed by atoms with E-state index in [1.54, 1.807) is 30.6 Å². The van der Waals surface area contributed by atoms with Crippen molar-refractivity contribution in [2.45, 2.75) is 4.34 Å². The van der Waals surface area contributed by atoms with E-state index in [4.69, 9.17) is 5.73 Å². The van der Waals surface area contributed by atoms with Crippen molar-refractivity contribution in [3.05, 3.63) is 35.0 Å². The summed E-state index contributed by atoms with van der Waals surface area (Å²) < 4.78 is 0.606. The van der Waals surface area contributed by atoms with E-state index >= 15 is 0 Å². The molecule has 0 spiro atoms. The predicted octanol–water partition coefficient (Wildman–Crippen LogP) is 1.46. The fraction of sp³-hybridized carbons (Fsp3) is 0.200. The largest absolute Gasteiger partial charge is 0.374 e. The molecule has 3 heterocycles. The van der Waals surface area contributed by atoms with E-state index in [9.17, 15) is 14.4 Å². The van der Waals surface area contributed by atoms with Gasteiger partial charge in [0.1, 0.15) is 0 Å². The van der Waals surface area contributed by atoms with Crippen molar-refractivity contribution >= 4 is 63.1 Å². The van der Waals surface area contributed by atoms with E-state index in [-0.39, 0.29) is 35.9 Å². The van der Waals surface area contributed by atoms with Crippen molar-refractivity contribution in [3.8, 4) is 0 Å². The number of hydrogen-bond donors (Lipinski definition) is 2. The van der Waals surface area contributed by atoms with Gasteiger partial charge in [0.05, 0.1) is 10.7 Å². The van der Waals surface area contributed by atoms with Crippen LogP contribution >= 0.6 is 34.9 Å². The molecule has 2 aromatic rings. The molecular weight excluding hydrogens is 408 g/mol. The number of pyridine rings is 1. The minimum Gasteiger partial charge on any atom is -0.374 e. The van der Waals surface area contributed by atoms with Crippen molar-refractivity contribution in [3.63, 3.8) is 0 Å². The van der Waals surface area contributed by atoms with Crippen LogP contribution in [0.25, 0.3) is 6.08 Å². The zero-order valence-electron chi connectivity index (χ0n) is 13.8. The fourth-order valence-electron chi connectivity index (χ4n) is 2.07. The van der Waals surface area contributed by atoms with Gasteiger partial charge >= 0.3 is 0 Å². The summed E-state index contributed by atoms with van der Waals surface area (Å²) in [4.78, 5) is 41.7. The number of hydrogen-bond acceptors (Lipinski definition) is 10. The molecule has 1 saturated heterocycles. The Hall–Kier alpha value is -2.44. The topological polar surface area (TPSA) is 131 Å². The summed E-state index contributed by atoms with van der Waals surface area (Å²) >= 11 is 3.30. The Morgan fingerprint density at radius 3 is 2.93 bits per heavy atom. The molecule has 3 N–H and O–H groups in total. The molecule has 27 heavy (non-hydrogen) atoms. The maximum Gasteiger partial charge on any atom is 0.293 e. The van der Waals surface area contributed by atoms with Gasteiger partial charge in [-0.25, -0.2) is 0 Å². The van der Waals surface area contributed by atoms with Crippen molar-refractivity contribution in [1.82, 2.24) is 25.4 Å². The second kappa shape index (κ2) is 8.97. The number of carbonyl (C=O) groups excluding carboxylic acids is 3. The van der Waals surface area contributed by atoms with Gasteiger partial charge in [-0.2, -0.15) is 0 Å². The predicted molar refractivity (Wildman–Crippen MR) is 105 cm³/mol. The minimum atomic E-state index is -0.373. The first kappa shape index (κ1) is 19.3. The third kappa shape index (κ3) is 5.28. The van der Waals surface area contributed by atoms with E-state index in [0.717, 1.165) is 22.2 Å². The van der Waals surface area contributed by atoms with Crippen molar-refractivity contribution < 1.29 is 14.4 Å². The molecule has 1 aliphatic rings. The highest BCUT2D eigenvalue weighted by atomic mass is 32.2. The molecule has 1 aliphatic heterocycles. The quantitative estimate of drug-likeness (QED) is 0.503. The smallest absolute Gasteiger partial charge is 0.293 e. The molecule has 0 atom stereocenters. The Morgan fingerprint density at radius 2 is 2.22 bits per heavy atom. The zero-order valence-corrected chi connectivity index (χ0v) is 16.3. The summed E-state index contributed by atoms with van der Waals surface area (Å²) in [6, 6.07) is 3.55. The second-order valence-corrected chi connectivity index (χ2v) is 8.39. The Labute approximate surface area is 166 Å². The Bertz CT molecular complexity index is 886. The lowest BCUT2D eigenvalue weighted by Crippen LogP contribution is -2.37. The Morgan fingerprint density at radius 1 is 1.37 bits per heavy atom. The molecular formula is C15H14N6O3S3. The molecule has 0 aromatic carbocycles. The van der Waals surface area contributed by atoms with E-state index in [0.29, 0.717) is 14.4 Å². The van der Waals surface area contributed by atoms with Crippen LogP contribution in [0, 0.1) is 0 Å². The van der Waals surface area contributed by atoms with Gasteiger partial charge in [-0.05, 0) is 29.5 Å². The summed E-state index contributed by atoms with van der Waals surface area (Å²) in [6.45, 7) is 0.285. The number of rotatable bonds is 7. The third-order valence-corrected chi connectivity index (χ3v) is 6.06. The summed E-state index contributed by atoms with van der Waals surface area (Å²) in [7, 11) is 0. The molecule has 3 rings (SSSR count). The first-order chi connectivity index (χ1) is 13.0. The van der Waals surface area contributed by atoms with E-state index in [1.165, 1.54) is 23.1 Å².